The second-order valence-corrected chi connectivity index (χ2v) is 12.4. The van der Waals surface area contributed by atoms with Gasteiger partial charge in [0.05, 0.1) is 33.8 Å². The third-order valence-electron chi connectivity index (χ3n) is 6.81. The van der Waals surface area contributed by atoms with E-state index in [-0.39, 0.29) is 0 Å². The molecule has 0 bridgehead atoms. The van der Waals surface area contributed by atoms with E-state index in [1.165, 1.54) is 11.1 Å². The summed E-state index contributed by atoms with van der Waals surface area (Å²) in [5.74, 6) is 3.07. The summed E-state index contributed by atoms with van der Waals surface area (Å²) < 4.78 is 0. The Hall–Kier alpha value is -3.14. The number of rotatable bonds is 6. The van der Waals surface area contributed by atoms with Crippen LogP contribution in [0.2, 0.25) is 0 Å². The first kappa shape index (κ1) is 33.1. The molecule has 0 saturated carbocycles. The van der Waals surface area contributed by atoms with Gasteiger partial charge in [0, 0.05) is 12.4 Å². The molecule has 2 heterocycles. The quantitative estimate of drug-likeness (QED) is 0.244. The van der Waals surface area contributed by atoms with Crippen molar-refractivity contribution in [2.75, 3.05) is 0 Å². The van der Waals surface area contributed by atoms with Crippen LogP contribution in [-0.4, -0.2) is 19.9 Å². The van der Waals surface area contributed by atoms with Gasteiger partial charge in [-0.25, -0.2) is 9.97 Å². The maximum absolute atomic E-state index is 4.73. The van der Waals surface area contributed by atoms with Gasteiger partial charge in [0.25, 0.3) is 0 Å². The van der Waals surface area contributed by atoms with E-state index >= 15 is 0 Å². The topological polar surface area (TPSA) is 51.6 Å². The zero-order chi connectivity index (χ0) is 30.0. The minimum Gasteiger partial charge on any atom is -0.258 e. The normalized spacial score (nSPS) is 11.3. The Kier molecular flexibility index (Phi) is 12.9. The fraction of sp³-hybridized carbons (Fsp3) is 0.500. The van der Waals surface area contributed by atoms with Crippen molar-refractivity contribution in [3.8, 4) is 0 Å². The summed E-state index contributed by atoms with van der Waals surface area (Å²) in [7, 11) is 0. The highest BCUT2D eigenvalue weighted by Crippen LogP contribution is 2.26. The smallest absolute Gasteiger partial charge is 0.0890 e. The van der Waals surface area contributed by atoms with Crippen LogP contribution in [0.4, 0.5) is 0 Å². The molecule has 40 heavy (non-hydrogen) atoms. The molecule has 0 spiro atoms. The van der Waals surface area contributed by atoms with Crippen LogP contribution < -0.4 is 0 Å². The third-order valence-corrected chi connectivity index (χ3v) is 6.81. The number of aromatic nitrogens is 4. The third kappa shape index (κ3) is 9.21. The van der Waals surface area contributed by atoms with Gasteiger partial charge >= 0.3 is 0 Å². The summed E-state index contributed by atoms with van der Waals surface area (Å²) in [5, 5.41) is 0. The molecule has 0 amide bonds. The Labute approximate surface area is 244 Å². The molecule has 0 atom stereocenters. The molecule has 0 fully saturated rings. The number of hydrogen-bond donors (Lipinski definition) is 0. The minimum atomic E-state index is 0.425. The lowest BCUT2D eigenvalue weighted by Gasteiger charge is -2.14. The molecule has 0 radical (unpaired) electrons. The standard InChI is InChI=1S/C14H18N2.C12H18.C10H16N2/c1-9(2)13-14(10(3)4)16-12-8-6-5-7-11(12)15-13;1-9(2)11-7-5-6-8-12(11)10(3)4;1-7(2)9-10(8(3)4)12-6-5-11-9/h5-10H,1-4H3;5-10H,1-4H3;5-8H,1-4H3. The van der Waals surface area contributed by atoms with Crippen molar-refractivity contribution in [3.63, 3.8) is 0 Å². The van der Waals surface area contributed by atoms with E-state index in [2.05, 4.69) is 117 Å². The molecule has 4 aromatic rings. The molecule has 0 aliphatic heterocycles. The van der Waals surface area contributed by atoms with Gasteiger partial charge in [-0.1, -0.05) is 119 Å². The maximum Gasteiger partial charge on any atom is 0.0890 e. The van der Waals surface area contributed by atoms with Crippen molar-refractivity contribution < 1.29 is 0 Å². The number of para-hydroxylation sites is 2. The van der Waals surface area contributed by atoms with Gasteiger partial charge in [0.1, 0.15) is 0 Å². The summed E-state index contributed by atoms with van der Waals surface area (Å²) in [4.78, 5) is 18.1. The number of hydrogen-bond acceptors (Lipinski definition) is 4. The molecule has 0 unspecified atom stereocenters. The summed E-state index contributed by atoms with van der Waals surface area (Å²) in [6.45, 7) is 26.3. The molecule has 0 saturated heterocycles. The van der Waals surface area contributed by atoms with Crippen molar-refractivity contribution in [1.82, 2.24) is 19.9 Å². The first-order valence-electron chi connectivity index (χ1n) is 15.0. The SMILES string of the molecule is CC(C)c1ccccc1C(C)C.CC(C)c1nc2ccccc2nc1C(C)C.CC(C)c1nccnc1C(C)C. The average molecular weight is 541 g/mol. The van der Waals surface area contributed by atoms with Gasteiger partial charge in [0.15, 0.2) is 0 Å². The van der Waals surface area contributed by atoms with Crippen molar-refractivity contribution in [2.45, 2.75) is 119 Å². The first-order chi connectivity index (χ1) is 18.8. The van der Waals surface area contributed by atoms with Crippen molar-refractivity contribution >= 4 is 11.0 Å². The Bertz CT molecular complexity index is 1160. The second kappa shape index (κ2) is 15.6. The van der Waals surface area contributed by atoms with Crippen LogP contribution in [0.1, 0.15) is 152 Å². The lowest BCUT2D eigenvalue weighted by Crippen LogP contribution is -2.05. The molecule has 216 valence electrons. The molecule has 0 aliphatic rings. The van der Waals surface area contributed by atoms with Crippen molar-refractivity contribution in [3.05, 3.63) is 94.8 Å². The largest absolute Gasteiger partial charge is 0.258 e. The van der Waals surface area contributed by atoms with Crippen LogP contribution in [0, 0.1) is 0 Å². The van der Waals surface area contributed by atoms with E-state index in [0.29, 0.717) is 35.5 Å². The fourth-order valence-electron chi connectivity index (χ4n) is 4.69. The van der Waals surface area contributed by atoms with Gasteiger partial charge < -0.3 is 0 Å². The van der Waals surface area contributed by atoms with Crippen LogP contribution in [-0.2, 0) is 0 Å². The summed E-state index contributed by atoms with van der Waals surface area (Å²) in [6, 6.07) is 16.8. The van der Waals surface area contributed by atoms with Crippen LogP contribution in [0.3, 0.4) is 0 Å². The second-order valence-electron chi connectivity index (χ2n) is 12.4. The lowest BCUT2D eigenvalue weighted by atomic mass is 9.91. The minimum absolute atomic E-state index is 0.425. The van der Waals surface area contributed by atoms with Crippen LogP contribution in [0.15, 0.2) is 60.9 Å². The monoisotopic (exact) mass is 540 g/mol. The molecule has 0 N–H and O–H groups in total. The zero-order valence-electron chi connectivity index (χ0n) is 27.0. The van der Waals surface area contributed by atoms with Crippen molar-refractivity contribution in [2.24, 2.45) is 0 Å². The predicted molar refractivity (Wildman–Crippen MR) is 173 cm³/mol. The zero-order valence-corrected chi connectivity index (χ0v) is 27.0. The van der Waals surface area contributed by atoms with E-state index in [4.69, 9.17) is 9.97 Å². The number of fused-ring (bicyclic) bond motifs is 1. The molecule has 4 rings (SSSR count). The average Bonchev–Trinajstić information content (AvgIpc) is 2.92. The molecule has 0 aliphatic carbocycles. The van der Waals surface area contributed by atoms with Gasteiger partial charge in [-0.3, -0.25) is 9.97 Å². The molecular formula is C36H52N4. The summed E-state index contributed by atoms with van der Waals surface area (Å²) in [6.07, 6.45) is 3.53. The summed E-state index contributed by atoms with van der Waals surface area (Å²) >= 11 is 0. The number of benzene rings is 2. The van der Waals surface area contributed by atoms with Crippen LogP contribution in [0.5, 0.6) is 0 Å². The van der Waals surface area contributed by atoms with Gasteiger partial charge in [-0.2, -0.15) is 0 Å². The highest BCUT2D eigenvalue weighted by atomic mass is 14.8. The Morgan fingerprint density at radius 2 is 0.675 bits per heavy atom. The summed E-state index contributed by atoms with van der Waals surface area (Å²) in [5.41, 5.74) is 9.51. The fourth-order valence-corrected chi connectivity index (χ4v) is 4.69. The highest BCUT2D eigenvalue weighted by Gasteiger charge is 2.14. The van der Waals surface area contributed by atoms with E-state index in [9.17, 15) is 0 Å². The Morgan fingerprint density at radius 3 is 0.950 bits per heavy atom. The van der Waals surface area contributed by atoms with E-state index in [1.807, 2.05) is 24.3 Å². The van der Waals surface area contributed by atoms with Gasteiger partial charge in [0.2, 0.25) is 0 Å². The van der Waals surface area contributed by atoms with E-state index < -0.39 is 0 Å². The lowest BCUT2D eigenvalue weighted by molar-refractivity contribution is 0.726. The Balaban J connectivity index is 0.000000214. The number of nitrogens with zero attached hydrogens (tertiary/aromatic N) is 4. The highest BCUT2D eigenvalue weighted by molar-refractivity contribution is 5.74. The molecule has 2 aromatic carbocycles. The predicted octanol–water partition coefficient (Wildman–Crippen LogP) is 10.5. The van der Waals surface area contributed by atoms with Crippen molar-refractivity contribution in [1.29, 1.82) is 0 Å². The van der Waals surface area contributed by atoms with Crippen LogP contribution >= 0.6 is 0 Å². The molecule has 4 heteroatoms. The maximum atomic E-state index is 4.73. The Morgan fingerprint density at radius 1 is 0.375 bits per heavy atom. The van der Waals surface area contributed by atoms with Gasteiger partial charge in [-0.15, -0.1) is 0 Å². The van der Waals surface area contributed by atoms with E-state index in [0.717, 1.165) is 33.8 Å². The molecule has 2 aromatic heterocycles. The first-order valence-corrected chi connectivity index (χ1v) is 15.0. The molecular weight excluding hydrogens is 488 g/mol. The van der Waals surface area contributed by atoms with Gasteiger partial charge in [-0.05, 0) is 58.8 Å². The van der Waals surface area contributed by atoms with Crippen LogP contribution in [0.25, 0.3) is 11.0 Å². The molecule has 4 nitrogen and oxygen atoms in total. The van der Waals surface area contributed by atoms with E-state index in [1.54, 1.807) is 12.4 Å².